The van der Waals surface area contributed by atoms with Crippen molar-refractivity contribution in [3.8, 4) is 0 Å². The summed E-state index contributed by atoms with van der Waals surface area (Å²) in [5, 5.41) is 3.19. The molecule has 15 heavy (non-hydrogen) atoms. The first-order chi connectivity index (χ1) is 7.24. The van der Waals surface area contributed by atoms with Gasteiger partial charge >= 0.3 is 0 Å². The highest BCUT2D eigenvalue weighted by molar-refractivity contribution is 7.12. The van der Waals surface area contributed by atoms with Crippen LogP contribution in [-0.4, -0.2) is 13.6 Å². The van der Waals surface area contributed by atoms with E-state index in [4.69, 9.17) is 0 Å². The SMILES string of the molecule is CNCCCCCCc1sc(C)cc1C. The van der Waals surface area contributed by atoms with Crippen LogP contribution in [0.25, 0.3) is 0 Å². The molecule has 0 aliphatic rings. The molecule has 2 heteroatoms. The van der Waals surface area contributed by atoms with E-state index in [0.29, 0.717) is 0 Å². The topological polar surface area (TPSA) is 12.0 Å². The van der Waals surface area contributed by atoms with Gasteiger partial charge in [0.1, 0.15) is 0 Å². The molecule has 0 saturated carbocycles. The van der Waals surface area contributed by atoms with Crippen LogP contribution in [0.1, 0.15) is 41.0 Å². The molecule has 1 rings (SSSR count). The van der Waals surface area contributed by atoms with Crippen LogP contribution in [0.5, 0.6) is 0 Å². The summed E-state index contributed by atoms with van der Waals surface area (Å²) >= 11 is 1.97. The van der Waals surface area contributed by atoms with Crippen molar-refractivity contribution in [1.82, 2.24) is 5.32 Å². The van der Waals surface area contributed by atoms with Crippen molar-refractivity contribution in [2.45, 2.75) is 46.0 Å². The van der Waals surface area contributed by atoms with Crippen molar-refractivity contribution in [1.29, 1.82) is 0 Å². The van der Waals surface area contributed by atoms with E-state index in [1.54, 1.807) is 4.88 Å². The fourth-order valence-electron chi connectivity index (χ4n) is 1.88. The van der Waals surface area contributed by atoms with Gasteiger partial charge in [0.2, 0.25) is 0 Å². The zero-order valence-corrected chi connectivity index (χ0v) is 11.0. The maximum absolute atomic E-state index is 3.19. The fourth-order valence-corrected chi connectivity index (χ4v) is 2.97. The molecule has 0 aliphatic heterocycles. The van der Waals surface area contributed by atoms with Gasteiger partial charge in [0.05, 0.1) is 0 Å². The summed E-state index contributed by atoms with van der Waals surface area (Å²) in [4.78, 5) is 3.05. The molecular formula is C13H23NS. The van der Waals surface area contributed by atoms with Gasteiger partial charge < -0.3 is 5.32 Å². The lowest BCUT2D eigenvalue weighted by molar-refractivity contribution is 0.618. The Kier molecular flexibility index (Phi) is 5.96. The van der Waals surface area contributed by atoms with Gasteiger partial charge in [0.15, 0.2) is 0 Å². The minimum absolute atomic E-state index is 1.16. The molecule has 0 unspecified atom stereocenters. The molecule has 0 aliphatic carbocycles. The van der Waals surface area contributed by atoms with E-state index in [9.17, 15) is 0 Å². The number of nitrogens with one attached hydrogen (secondary N) is 1. The minimum atomic E-state index is 1.16. The second kappa shape index (κ2) is 7.02. The monoisotopic (exact) mass is 225 g/mol. The first kappa shape index (κ1) is 12.7. The largest absolute Gasteiger partial charge is 0.320 e. The Hall–Kier alpha value is -0.340. The Bertz CT molecular complexity index is 278. The Balaban J connectivity index is 2.12. The predicted octanol–water partition coefficient (Wildman–Crippen LogP) is 3.69. The van der Waals surface area contributed by atoms with E-state index in [0.717, 1.165) is 6.54 Å². The molecule has 0 spiro atoms. The van der Waals surface area contributed by atoms with Crippen LogP contribution in [-0.2, 0) is 6.42 Å². The van der Waals surface area contributed by atoms with Crippen LogP contribution in [0.15, 0.2) is 6.07 Å². The first-order valence-corrected chi connectivity index (χ1v) is 6.76. The molecule has 0 bridgehead atoms. The lowest BCUT2D eigenvalue weighted by Gasteiger charge is -2.01. The summed E-state index contributed by atoms with van der Waals surface area (Å²) in [5.74, 6) is 0. The molecule has 0 atom stereocenters. The van der Waals surface area contributed by atoms with Gasteiger partial charge in [-0.2, -0.15) is 0 Å². The van der Waals surface area contributed by atoms with Gasteiger partial charge in [0, 0.05) is 9.75 Å². The van der Waals surface area contributed by atoms with Crippen LogP contribution < -0.4 is 5.32 Å². The molecule has 86 valence electrons. The molecule has 0 fully saturated rings. The van der Waals surface area contributed by atoms with Crippen molar-refractivity contribution >= 4 is 11.3 Å². The molecule has 0 amide bonds. The van der Waals surface area contributed by atoms with Crippen molar-refractivity contribution in [2.75, 3.05) is 13.6 Å². The standard InChI is InChI=1S/C13H23NS/c1-11-10-12(2)15-13(11)8-6-4-5-7-9-14-3/h10,14H,4-9H2,1-3H3. The molecule has 1 nitrogen and oxygen atoms in total. The van der Waals surface area contributed by atoms with Crippen molar-refractivity contribution in [3.05, 3.63) is 21.4 Å². The maximum atomic E-state index is 3.19. The molecule has 1 aromatic rings. The van der Waals surface area contributed by atoms with E-state index in [1.165, 1.54) is 42.5 Å². The molecule has 1 heterocycles. The number of unbranched alkanes of at least 4 members (excludes halogenated alkanes) is 3. The number of hydrogen-bond acceptors (Lipinski definition) is 2. The van der Waals surface area contributed by atoms with Crippen LogP contribution in [0.2, 0.25) is 0 Å². The minimum Gasteiger partial charge on any atom is -0.320 e. The van der Waals surface area contributed by atoms with Gasteiger partial charge in [-0.15, -0.1) is 11.3 Å². The summed E-state index contributed by atoms with van der Waals surface area (Å²) in [5.41, 5.74) is 1.49. The lowest BCUT2D eigenvalue weighted by atomic mass is 10.1. The van der Waals surface area contributed by atoms with Gasteiger partial charge in [-0.25, -0.2) is 0 Å². The second-order valence-electron chi connectivity index (χ2n) is 4.23. The van der Waals surface area contributed by atoms with E-state index >= 15 is 0 Å². The average Bonchev–Trinajstić information content (AvgIpc) is 2.51. The van der Waals surface area contributed by atoms with Gasteiger partial charge in [0.25, 0.3) is 0 Å². The Morgan fingerprint density at radius 1 is 1.13 bits per heavy atom. The van der Waals surface area contributed by atoms with Crippen LogP contribution in [0.3, 0.4) is 0 Å². The third-order valence-corrected chi connectivity index (χ3v) is 3.94. The summed E-state index contributed by atoms with van der Waals surface area (Å²) in [6, 6.07) is 2.31. The number of hydrogen-bond donors (Lipinski definition) is 1. The highest BCUT2D eigenvalue weighted by Gasteiger charge is 2.02. The molecule has 1 aromatic heterocycles. The normalized spacial score (nSPS) is 10.9. The zero-order valence-electron chi connectivity index (χ0n) is 10.2. The van der Waals surface area contributed by atoms with E-state index in [-0.39, 0.29) is 0 Å². The maximum Gasteiger partial charge on any atom is 0.00772 e. The second-order valence-corrected chi connectivity index (χ2v) is 5.57. The highest BCUT2D eigenvalue weighted by Crippen LogP contribution is 2.22. The van der Waals surface area contributed by atoms with Crippen LogP contribution >= 0.6 is 11.3 Å². The van der Waals surface area contributed by atoms with E-state index < -0.39 is 0 Å². The quantitative estimate of drug-likeness (QED) is 0.698. The Labute approximate surface area is 97.9 Å². The number of rotatable bonds is 7. The van der Waals surface area contributed by atoms with Crippen molar-refractivity contribution < 1.29 is 0 Å². The average molecular weight is 225 g/mol. The van der Waals surface area contributed by atoms with Gasteiger partial charge in [-0.1, -0.05) is 12.8 Å². The van der Waals surface area contributed by atoms with Crippen molar-refractivity contribution in [2.24, 2.45) is 0 Å². The predicted molar refractivity (Wildman–Crippen MR) is 69.9 cm³/mol. The number of thiophene rings is 1. The molecular weight excluding hydrogens is 202 g/mol. The molecule has 1 N–H and O–H groups in total. The Morgan fingerprint density at radius 3 is 2.47 bits per heavy atom. The fraction of sp³-hybridized carbons (Fsp3) is 0.692. The van der Waals surface area contributed by atoms with Crippen LogP contribution in [0.4, 0.5) is 0 Å². The van der Waals surface area contributed by atoms with E-state index in [1.807, 2.05) is 18.4 Å². The van der Waals surface area contributed by atoms with Crippen LogP contribution in [0, 0.1) is 13.8 Å². The summed E-state index contributed by atoms with van der Waals surface area (Å²) < 4.78 is 0. The molecule has 0 aromatic carbocycles. The Morgan fingerprint density at radius 2 is 1.87 bits per heavy atom. The summed E-state index contributed by atoms with van der Waals surface area (Å²) in [6.45, 7) is 5.60. The molecule has 0 radical (unpaired) electrons. The summed E-state index contributed by atoms with van der Waals surface area (Å²) in [6.07, 6.45) is 6.69. The van der Waals surface area contributed by atoms with Gasteiger partial charge in [-0.3, -0.25) is 0 Å². The number of aryl methyl sites for hydroxylation is 3. The van der Waals surface area contributed by atoms with Gasteiger partial charge in [-0.05, 0) is 58.3 Å². The third kappa shape index (κ3) is 4.80. The highest BCUT2D eigenvalue weighted by atomic mass is 32.1. The first-order valence-electron chi connectivity index (χ1n) is 5.94. The smallest absolute Gasteiger partial charge is 0.00772 e. The molecule has 0 saturated heterocycles. The lowest BCUT2D eigenvalue weighted by Crippen LogP contribution is -2.06. The zero-order chi connectivity index (χ0) is 11.1. The summed E-state index contributed by atoms with van der Waals surface area (Å²) in [7, 11) is 2.03. The third-order valence-electron chi connectivity index (χ3n) is 2.72. The van der Waals surface area contributed by atoms with E-state index in [2.05, 4.69) is 25.2 Å². The van der Waals surface area contributed by atoms with Crippen molar-refractivity contribution in [3.63, 3.8) is 0 Å².